The van der Waals surface area contributed by atoms with Gasteiger partial charge in [0.1, 0.15) is 0 Å². The highest BCUT2D eigenvalue weighted by Gasteiger charge is 2.19. The van der Waals surface area contributed by atoms with Gasteiger partial charge in [-0.1, -0.05) is 23.2 Å². The number of esters is 1. The van der Waals surface area contributed by atoms with Crippen molar-refractivity contribution in [1.29, 1.82) is 0 Å². The molecule has 0 aliphatic rings. The summed E-state index contributed by atoms with van der Waals surface area (Å²) in [6.45, 7) is 3.87. The highest BCUT2D eigenvalue weighted by molar-refractivity contribution is 6.34. The second kappa shape index (κ2) is 6.94. The van der Waals surface area contributed by atoms with Gasteiger partial charge in [-0.05, 0) is 26.0 Å². The second-order valence-electron chi connectivity index (χ2n) is 4.64. The van der Waals surface area contributed by atoms with Gasteiger partial charge in [-0.15, -0.1) is 0 Å². The zero-order valence-corrected chi connectivity index (χ0v) is 13.9. The third-order valence-electron chi connectivity index (χ3n) is 3.19. The number of carbonyl (C=O) groups is 1. The first-order valence-corrected chi connectivity index (χ1v) is 7.29. The predicted molar refractivity (Wildman–Crippen MR) is 86.6 cm³/mol. The van der Waals surface area contributed by atoms with E-state index < -0.39 is 5.97 Å². The van der Waals surface area contributed by atoms with Crippen molar-refractivity contribution < 1.29 is 9.53 Å². The van der Waals surface area contributed by atoms with Crippen molar-refractivity contribution in [2.24, 2.45) is 0 Å². The lowest BCUT2D eigenvalue weighted by molar-refractivity contribution is 0.0593. The van der Waals surface area contributed by atoms with Crippen LogP contribution in [0.4, 0.5) is 5.69 Å². The average Bonchev–Trinajstić information content (AvgIpc) is 2.51. The molecule has 22 heavy (non-hydrogen) atoms. The van der Waals surface area contributed by atoms with Crippen LogP contribution in [-0.4, -0.2) is 23.0 Å². The van der Waals surface area contributed by atoms with Crippen LogP contribution in [-0.2, 0) is 11.3 Å². The monoisotopic (exact) mass is 339 g/mol. The van der Waals surface area contributed by atoms with Crippen LogP contribution in [0.2, 0.25) is 10.0 Å². The van der Waals surface area contributed by atoms with E-state index in [4.69, 9.17) is 27.9 Å². The van der Waals surface area contributed by atoms with Crippen LogP contribution in [0.15, 0.2) is 18.3 Å². The standard InChI is InChI=1S/C15H15Cl2N3O2/c1-8-13(19-7-11-10(16)5-4-6-18-11)12(17)9(2)20-14(8)15(21)22-3/h4-6H,7H2,1-3H3,(H,19,20). The first kappa shape index (κ1) is 16.5. The number of nitrogens with one attached hydrogen (secondary N) is 1. The van der Waals surface area contributed by atoms with E-state index in [2.05, 4.69) is 15.3 Å². The molecule has 0 atom stereocenters. The fourth-order valence-electron chi connectivity index (χ4n) is 1.99. The van der Waals surface area contributed by atoms with E-state index in [0.717, 1.165) is 0 Å². The Kier molecular flexibility index (Phi) is 5.21. The molecule has 0 aliphatic carbocycles. The van der Waals surface area contributed by atoms with E-state index in [-0.39, 0.29) is 5.69 Å². The fourth-order valence-corrected chi connectivity index (χ4v) is 2.43. The van der Waals surface area contributed by atoms with Crippen LogP contribution < -0.4 is 5.32 Å². The maximum absolute atomic E-state index is 11.8. The van der Waals surface area contributed by atoms with Gasteiger partial charge in [0.15, 0.2) is 5.69 Å². The van der Waals surface area contributed by atoms with Gasteiger partial charge < -0.3 is 10.1 Å². The van der Waals surface area contributed by atoms with E-state index in [1.54, 1.807) is 32.2 Å². The SMILES string of the molecule is COC(=O)c1nc(C)c(Cl)c(NCc2ncccc2Cl)c1C. The van der Waals surface area contributed by atoms with E-state index in [1.165, 1.54) is 7.11 Å². The molecule has 0 aliphatic heterocycles. The molecule has 116 valence electrons. The van der Waals surface area contributed by atoms with E-state index in [0.29, 0.717) is 39.2 Å². The van der Waals surface area contributed by atoms with Gasteiger partial charge in [-0.2, -0.15) is 0 Å². The van der Waals surface area contributed by atoms with Gasteiger partial charge in [0, 0.05) is 11.8 Å². The quantitative estimate of drug-likeness (QED) is 0.858. The summed E-state index contributed by atoms with van der Waals surface area (Å²) in [4.78, 5) is 20.2. The van der Waals surface area contributed by atoms with Crippen molar-refractivity contribution >= 4 is 34.9 Å². The first-order chi connectivity index (χ1) is 10.5. The number of aryl methyl sites for hydroxylation is 1. The molecule has 0 aromatic carbocycles. The summed E-state index contributed by atoms with van der Waals surface area (Å²) in [5.41, 5.74) is 2.71. The summed E-state index contributed by atoms with van der Waals surface area (Å²) in [6.07, 6.45) is 1.66. The van der Waals surface area contributed by atoms with E-state index in [9.17, 15) is 4.79 Å². The first-order valence-electron chi connectivity index (χ1n) is 6.54. The number of nitrogens with zero attached hydrogens (tertiary/aromatic N) is 2. The number of rotatable bonds is 4. The smallest absolute Gasteiger partial charge is 0.357 e. The minimum absolute atomic E-state index is 0.235. The third kappa shape index (κ3) is 3.31. The Hall–Kier alpha value is -1.85. The van der Waals surface area contributed by atoms with Gasteiger partial charge in [0.2, 0.25) is 0 Å². The summed E-state index contributed by atoms with van der Waals surface area (Å²) in [6, 6.07) is 3.52. The van der Waals surface area contributed by atoms with Crippen LogP contribution in [0.5, 0.6) is 0 Å². The van der Waals surface area contributed by atoms with Crippen LogP contribution in [0.25, 0.3) is 0 Å². The van der Waals surface area contributed by atoms with E-state index in [1.807, 2.05) is 0 Å². The minimum Gasteiger partial charge on any atom is -0.464 e. The third-order valence-corrected chi connectivity index (χ3v) is 4.00. The number of halogens is 2. The summed E-state index contributed by atoms with van der Waals surface area (Å²) < 4.78 is 4.74. The highest BCUT2D eigenvalue weighted by Crippen LogP contribution is 2.31. The lowest BCUT2D eigenvalue weighted by atomic mass is 10.1. The van der Waals surface area contributed by atoms with Gasteiger partial charge >= 0.3 is 5.97 Å². The van der Waals surface area contributed by atoms with Crippen LogP contribution >= 0.6 is 23.2 Å². The van der Waals surface area contributed by atoms with Crippen molar-refractivity contribution in [3.05, 3.63) is 51.0 Å². The molecular formula is C15H15Cl2N3O2. The molecule has 0 spiro atoms. The number of hydrogen-bond acceptors (Lipinski definition) is 5. The van der Waals surface area contributed by atoms with Crippen molar-refractivity contribution in [2.75, 3.05) is 12.4 Å². The number of pyridine rings is 2. The maximum atomic E-state index is 11.8. The molecule has 0 saturated carbocycles. The molecule has 0 saturated heterocycles. The van der Waals surface area contributed by atoms with Crippen molar-refractivity contribution in [3.8, 4) is 0 Å². The Morgan fingerprint density at radius 2 is 2.09 bits per heavy atom. The molecule has 2 aromatic heterocycles. The number of carbonyl (C=O) groups excluding carboxylic acids is 1. The Morgan fingerprint density at radius 1 is 1.36 bits per heavy atom. The number of methoxy groups -OCH3 is 1. The Labute approximate surface area is 138 Å². The molecule has 5 nitrogen and oxygen atoms in total. The molecule has 0 radical (unpaired) electrons. The molecule has 2 heterocycles. The molecule has 0 amide bonds. The number of anilines is 1. The average molecular weight is 340 g/mol. The van der Waals surface area contributed by atoms with Gasteiger partial charge in [0.05, 0.1) is 40.8 Å². The summed E-state index contributed by atoms with van der Waals surface area (Å²) in [7, 11) is 1.31. The maximum Gasteiger partial charge on any atom is 0.357 e. The number of ether oxygens (including phenoxy) is 1. The van der Waals surface area contributed by atoms with Crippen LogP contribution in [0, 0.1) is 13.8 Å². The Bertz CT molecular complexity index is 720. The molecule has 2 rings (SSSR count). The second-order valence-corrected chi connectivity index (χ2v) is 5.42. The molecule has 0 bridgehead atoms. The number of aromatic nitrogens is 2. The zero-order chi connectivity index (χ0) is 16.3. The molecule has 0 unspecified atom stereocenters. The van der Waals surface area contributed by atoms with E-state index >= 15 is 0 Å². The molecule has 1 N–H and O–H groups in total. The molecular weight excluding hydrogens is 325 g/mol. The van der Waals surface area contributed by atoms with Crippen molar-refractivity contribution in [3.63, 3.8) is 0 Å². The van der Waals surface area contributed by atoms with Crippen LogP contribution in [0.1, 0.15) is 27.4 Å². The Balaban J connectivity index is 2.36. The summed E-state index contributed by atoms with van der Waals surface area (Å²) >= 11 is 12.4. The molecule has 0 fully saturated rings. The zero-order valence-electron chi connectivity index (χ0n) is 12.4. The van der Waals surface area contributed by atoms with Crippen molar-refractivity contribution in [1.82, 2.24) is 9.97 Å². The van der Waals surface area contributed by atoms with Gasteiger partial charge in [0.25, 0.3) is 0 Å². The molecule has 7 heteroatoms. The topological polar surface area (TPSA) is 64.1 Å². The normalized spacial score (nSPS) is 10.4. The van der Waals surface area contributed by atoms with Gasteiger partial charge in [-0.3, -0.25) is 4.98 Å². The molecule has 2 aromatic rings. The van der Waals surface area contributed by atoms with Crippen molar-refractivity contribution in [2.45, 2.75) is 20.4 Å². The summed E-state index contributed by atoms with van der Waals surface area (Å²) in [5, 5.41) is 4.19. The lowest BCUT2D eigenvalue weighted by Gasteiger charge is -2.15. The minimum atomic E-state index is -0.504. The van der Waals surface area contributed by atoms with Crippen LogP contribution in [0.3, 0.4) is 0 Å². The Morgan fingerprint density at radius 3 is 2.73 bits per heavy atom. The largest absolute Gasteiger partial charge is 0.464 e. The van der Waals surface area contributed by atoms with Gasteiger partial charge in [-0.25, -0.2) is 9.78 Å². The lowest BCUT2D eigenvalue weighted by Crippen LogP contribution is -2.12. The summed E-state index contributed by atoms with van der Waals surface area (Å²) in [5.74, 6) is -0.504. The fraction of sp³-hybridized carbons (Fsp3) is 0.267. The number of hydrogen-bond donors (Lipinski definition) is 1. The predicted octanol–water partition coefficient (Wildman–Crippen LogP) is 3.80. The highest BCUT2D eigenvalue weighted by atomic mass is 35.5.